The number of ether oxygens (including phenoxy) is 1. The van der Waals surface area contributed by atoms with Crippen LogP contribution in [0, 0.1) is 13.8 Å². The SMILES string of the molecule is Cc1nc(COCCN)oc1C. The molecule has 12 heavy (non-hydrogen) atoms. The maximum Gasteiger partial charge on any atom is 0.220 e. The van der Waals surface area contributed by atoms with Gasteiger partial charge in [0.1, 0.15) is 12.4 Å². The van der Waals surface area contributed by atoms with E-state index in [9.17, 15) is 0 Å². The Balaban J connectivity index is 2.42. The monoisotopic (exact) mass is 170 g/mol. The standard InChI is InChI=1S/C8H14N2O2/c1-6-7(2)12-8(10-6)5-11-4-3-9/h3-5,9H2,1-2H3. The van der Waals surface area contributed by atoms with E-state index < -0.39 is 0 Å². The van der Waals surface area contributed by atoms with Crippen LogP contribution in [0.4, 0.5) is 0 Å². The number of aryl methyl sites for hydroxylation is 2. The van der Waals surface area contributed by atoms with Crippen molar-refractivity contribution in [1.82, 2.24) is 4.98 Å². The summed E-state index contributed by atoms with van der Waals surface area (Å²) >= 11 is 0. The lowest BCUT2D eigenvalue weighted by Crippen LogP contribution is -2.08. The van der Waals surface area contributed by atoms with Gasteiger partial charge in [-0.05, 0) is 13.8 Å². The van der Waals surface area contributed by atoms with E-state index in [1.54, 1.807) is 0 Å². The third-order valence-corrected chi connectivity index (χ3v) is 1.56. The van der Waals surface area contributed by atoms with Crippen LogP contribution in [0.2, 0.25) is 0 Å². The maximum atomic E-state index is 5.28. The summed E-state index contributed by atoms with van der Waals surface area (Å²) < 4.78 is 10.4. The van der Waals surface area contributed by atoms with Crippen molar-refractivity contribution >= 4 is 0 Å². The van der Waals surface area contributed by atoms with Gasteiger partial charge in [-0.2, -0.15) is 0 Å². The highest BCUT2D eigenvalue weighted by molar-refractivity contribution is 5.04. The zero-order valence-electron chi connectivity index (χ0n) is 7.46. The fourth-order valence-corrected chi connectivity index (χ4v) is 0.844. The van der Waals surface area contributed by atoms with Gasteiger partial charge in [-0.1, -0.05) is 0 Å². The van der Waals surface area contributed by atoms with Crippen molar-refractivity contribution in [1.29, 1.82) is 0 Å². The molecule has 0 saturated heterocycles. The highest BCUT2D eigenvalue weighted by Crippen LogP contribution is 2.08. The Hall–Kier alpha value is -0.870. The van der Waals surface area contributed by atoms with E-state index in [-0.39, 0.29) is 0 Å². The molecule has 1 heterocycles. The van der Waals surface area contributed by atoms with Gasteiger partial charge in [-0.3, -0.25) is 0 Å². The van der Waals surface area contributed by atoms with Crippen LogP contribution in [0.1, 0.15) is 17.3 Å². The molecular formula is C8H14N2O2. The molecule has 68 valence electrons. The lowest BCUT2D eigenvalue weighted by molar-refractivity contribution is 0.108. The molecule has 0 saturated carbocycles. The van der Waals surface area contributed by atoms with Crippen LogP contribution < -0.4 is 5.73 Å². The molecule has 4 heteroatoms. The molecular weight excluding hydrogens is 156 g/mol. The number of oxazole rings is 1. The summed E-state index contributed by atoms with van der Waals surface area (Å²) in [6.07, 6.45) is 0. The van der Waals surface area contributed by atoms with Crippen LogP contribution in [-0.4, -0.2) is 18.1 Å². The van der Waals surface area contributed by atoms with Crippen LogP contribution in [0.15, 0.2) is 4.42 Å². The molecule has 4 nitrogen and oxygen atoms in total. The molecule has 0 aliphatic carbocycles. The summed E-state index contributed by atoms with van der Waals surface area (Å²) in [6.45, 7) is 5.27. The van der Waals surface area contributed by atoms with Crippen molar-refractivity contribution in [3.05, 3.63) is 17.3 Å². The number of nitrogens with zero attached hydrogens (tertiary/aromatic N) is 1. The van der Waals surface area contributed by atoms with Gasteiger partial charge in [0.05, 0.1) is 12.3 Å². The molecule has 1 rings (SSSR count). The summed E-state index contributed by atoms with van der Waals surface area (Å²) in [5, 5.41) is 0. The van der Waals surface area contributed by atoms with Crippen molar-refractivity contribution in [3.63, 3.8) is 0 Å². The van der Waals surface area contributed by atoms with E-state index in [0.29, 0.717) is 25.6 Å². The summed E-state index contributed by atoms with van der Waals surface area (Å²) in [6, 6.07) is 0. The second-order valence-electron chi connectivity index (χ2n) is 2.59. The zero-order valence-corrected chi connectivity index (χ0v) is 7.46. The van der Waals surface area contributed by atoms with Crippen molar-refractivity contribution in [2.75, 3.05) is 13.2 Å². The van der Waals surface area contributed by atoms with Crippen LogP contribution in [0.25, 0.3) is 0 Å². The molecule has 0 aliphatic heterocycles. The van der Waals surface area contributed by atoms with Crippen molar-refractivity contribution in [3.8, 4) is 0 Å². The minimum Gasteiger partial charge on any atom is -0.443 e. The highest BCUT2D eigenvalue weighted by atomic mass is 16.5. The van der Waals surface area contributed by atoms with Gasteiger partial charge < -0.3 is 14.9 Å². The second-order valence-corrected chi connectivity index (χ2v) is 2.59. The molecule has 0 fully saturated rings. The quantitative estimate of drug-likeness (QED) is 0.678. The Morgan fingerprint density at radius 1 is 1.50 bits per heavy atom. The molecule has 0 amide bonds. The van der Waals surface area contributed by atoms with Crippen LogP contribution in [0.3, 0.4) is 0 Å². The number of hydrogen-bond acceptors (Lipinski definition) is 4. The van der Waals surface area contributed by atoms with E-state index >= 15 is 0 Å². The van der Waals surface area contributed by atoms with Crippen LogP contribution in [0.5, 0.6) is 0 Å². The molecule has 1 aromatic heterocycles. The average Bonchev–Trinajstić information content (AvgIpc) is 2.32. The lowest BCUT2D eigenvalue weighted by Gasteiger charge is -1.96. The van der Waals surface area contributed by atoms with Gasteiger partial charge in [0.15, 0.2) is 0 Å². The third kappa shape index (κ3) is 2.32. The molecule has 0 unspecified atom stereocenters. The first-order valence-electron chi connectivity index (χ1n) is 3.94. The van der Waals surface area contributed by atoms with Crippen LogP contribution in [-0.2, 0) is 11.3 Å². The minimum atomic E-state index is 0.409. The molecule has 1 aromatic rings. The predicted octanol–water partition coefficient (Wildman–Crippen LogP) is 0.767. The van der Waals surface area contributed by atoms with E-state index in [4.69, 9.17) is 14.9 Å². The molecule has 0 bridgehead atoms. The topological polar surface area (TPSA) is 61.3 Å². The Morgan fingerprint density at radius 3 is 2.75 bits per heavy atom. The first kappa shape index (κ1) is 9.22. The van der Waals surface area contributed by atoms with Gasteiger partial charge in [0.25, 0.3) is 0 Å². The Kier molecular flexibility index (Phi) is 3.25. The normalized spacial score (nSPS) is 10.6. The molecule has 0 aromatic carbocycles. The molecule has 0 radical (unpaired) electrons. The largest absolute Gasteiger partial charge is 0.443 e. The maximum absolute atomic E-state index is 5.28. The summed E-state index contributed by atoms with van der Waals surface area (Å²) in [4.78, 5) is 4.15. The van der Waals surface area contributed by atoms with Gasteiger partial charge in [0, 0.05) is 6.54 Å². The fourth-order valence-electron chi connectivity index (χ4n) is 0.844. The minimum absolute atomic E-state index is 0.409. The summed E-state index contributed by atoms with van der Waals surface area (Å²) in [5.41, 5.74) is 6.17. The summed E-state index contributed by atoms with van der Waals surface area (Å²) in [5.74, 6) is 1.47. The zero-order chi connectivity index (χ0) is 8.97. The number of hydrogen-bond donors (Lipinski definition) is 1. The van der Waals surface area contributed by atoms with Crippen molar-refractivity contribution in [2.24, 2.45) is 5.73 Å². The highest BCUT2D eigenvalue weighted by Gasteiger charge is 2.04. The van der Waals surface area contributed by atoms with Gasteiger partial charge in [-0.25, -0.2) is 4.98 Å². The van der Waals surface area contributed by atoms with Crippen molar-refractivity contribution in [2.45, 2.75) is 20.5 Å². The van der Waals surface area contributed by atoms with Gasteiger partial charge >= 0.3 is 0 Å². The number of aromatic nitrogens is 1. The summed E-state index contributed by atoms with van der Waals surface area (Å²) in [7, 11) is 0. The average molecular weight is 170 g/mol. The third-order valence-electron chi connectivity index (χ3n) is 1.56. The van der Waals surface area contributed by atoms with Crippen molar-refractivity contribution < 1.29 is 9.15 Å². The first-order chi connectivity index (χ1) is 5.74. The van der Waals surface area contributed by atoms with Gasteiger partial charge in [-0.15, -0.1) is 0 Å². The first-order valence-corrected chi connectivity index (χ1v) is 3.94. The molecule has 0 atom stereocenters. The van der Waals surface area contributed by atoms with Gasteiger partial charge in [0.2, 0.25) is 5.89 Å². The Bertz CT molecular complexity index is 226. The number of rotatable bonds is 4. The lowest BCUT2D eigenvalue weighted by atomic mass is 10.4. The Morgan fingerprint density at radius 2 is 2.25 bits per heavy atom. The molecule has 0 aliphatic rings. The smallest absolute Gasteiger partial charge is 0.220 e. The van der Waals surface area contributed by atoms with E-state index in [1.165, 1.54) is 0 Å². The fraction of sp³-hybridized carbons (Fsp3) is 0.625. The molecule has 2 N–H and O–H groups in total. The predicted molar refractivity (Wildman–Crippen MR) is 44.7 cm³/mol. The van der Waals surface area contributed by atoms with E-state index in [0.717, 1.165) is 11.5 Å². The Labute approximate surface area is 71.7 Å². The molecule has 0 spiro atoms. The van der Waals surface area contributed by atoms with E-state index in [2.05, 4.69) is 4.98 Å². The second kappa shape index (κ2) is 4.23. The van der Waals surface area contributed by atoms with E-state index in [1.807, 2.05) is 13.8 Å². The number of nitrogens with two attached hydrogens (primary N) is 1. The van der Waals surface area contributed by atoms with Crippen LogP contribution >= 0.6 is 0 Å².